The fourth-order valence-corrected chi connectivity index (χ4v) is 7.88. The maximum atomic E-state index is 13.9. The molecule has 1 aliphatic carbocycles. The van der Waals surface area contributed by atoms with Crippen molar-refractivity contribution in [3.05, 3.63) is 46.8 Å². The number of allylic oxidation sites excluding steroid dienone is 2. The van der Waals surface area contributed by atoms with Gasteiger partial charge in [0.25, 0.3) is 0 Å². The van der Waals surface area contributed by atoms with E-state index in [2.05, 4.69) is 19.9 Å². The molecule has 4 heterocycles. The zero-order valence-electron chi connectivity index (χ0n) is 26.9. The number of fused-ring (bicyclic) bond motifs is 3. The second kappa shape index (κ2) is 13.5. The number of Topliss-reactive ketones (excluding diaryl/α,β-unsaturated/α-hetero) is 1. The second-order valence-electron chi connectivity index (χ2n) is 13.4. The molecule has 0 radical (unpaired) electrons. The van der Waals surface area contributed by atoms with Crippen molar-refractivity contribution in [1.29, 1.82) is 0 Å². The lowest BCUT2D eigenvalue weighted by molar-refractivity contribution is -0.147. The quantitative estimate of drug-likeness (QED) is 0.277. The average molecular weight is 646 g/mol. The number of nitrogens with zero attached hydrogens (tertiary/aromatic N) is 3. The molecule has 0 unspecified atom stereocenters. The molecule has 0 bridgehead atoms. The van der Waals surface area contributed by atoms with Gasteiger partial charge >= 0.3 is 5.97 Å². The van der Waals surface area contributed by atoms with E-state index in [-0.39, 0.29) is 30.6 Å². The van der Waals surface area contributed by atoms with Crippen molar-refractivity contribution in [2.24, 2.45) is 17.3 Å². The summed E-state index contributed by atoms with van der Waals surface area (Å²) in [7, 11) is 1.61. The number of thiazole rings is 1. The minimum atomic E-state index is -1.08. The molecule has 10 heteroatoms. The molecule has 1 saturated heterocycles. The van der Waals surface area contributed by atoms with Gasteiger partial charge in [0.15, 0.2) is 5.78 Å². The fourth-order valence-electron chi connectivity index (χ4n) is 6.88. The van der Waals surface area contributed by atoms with Crippen LogP contribution in [0.2, 0.25) is 0 Å². The Bertz CT molecular complexity index is 1650. The molecule has 4 atom stereocenters. The van der Waals surface area contributed by atoms with E-state index in [1.54, 1.807) is 23.3 Å². The van der Waals surface area contributed by atoms with Crippen molar-refractivity contribution in [3.63, 3.8) is 0 Å². The summed E-state index contributed by atoms with van der Waals surface area (Å²) < 4.78 is 12.1. The van der Waals surface area contributed by atoms with E-state index < -0.39 is 23.5 Å². The van der Waals surface area contributed by atoms with E-state index in [4.69, 9.17) is 19.4 Å². The first-order chi connectivity index (χ1) is 22.2. The summed E-state index contributed by atoms with van der Waals surface area (Å²) in [4.78, 5) is 51.2. The first-order valence-electron chi connectivity index (χ1n) is 16.5. The summed E-state index contributed by atoms with van der Waals surface area (Å²) in [5, 5.41) is 14.0. The molecule has 2 aromatic heterocycles. The molecule has 1 aromatic carbocycles. The van der Waals surface area contributed by atoms with Gasteiger partial charge in [-0.15, -0.1) is 11.3 Å². The number of amides is 1. The zero-order chi connectivity index (χ0) is 32.4. The van der Waals surface area contributed by atoms with Crippen LogP contribution < -0.4 is 9.47 Å². The molecular formula is C36H43N3O6S. The number of aliphatic carboxylic acids is 1. The van der Waals surface area contributed by atoms with E-state index in [1.165, 1.54) is 0 Å². The van der Waals surface area contributed by atoms with Gasteiger partial charge in [0.2, 0.25) is 5.91 Å². The summed E-state index contributed by atoms with van der Waals surface area (Å²) in [6, 6.07) is 6.81. The molecule has 2 fully saturated rings. The molecule has 1 amide bonds. The number of hydrogen-bond acceptors (Lipinski definition) is 8. The highest BCUT2D eigenvalue weighted by Crippen LogP contribution is 2.57. The van der Waals surface area contributed by atoms with Gasteiger partial charge in [-0.2, -0.15) is 0 Å². The Kier molecular flexibility index (Phi) is 9.45. The molecule has 1 N–H and O–H groups in total. The number of carboxylic acid groups (broad SMARTS) is 1. The number of carbonyl (C=O) groups is 3. The van der Waals surface area contributed by atoms with E-state index in [9.17, 15) is 19.5 Å². The van der Waals surface area contributed by atoms with Gasteiger partial charge in [0.1, 0.15) is 17.6 Å². The predicted octanol–water partition coefficient (Wildman–Crippen LogP) is 6.87. The van der Waals surface area contributed by atoms with Crippen LogP contribution in [0.5, 0.6) is 11.5 Å². The van der Waals surface area contributed by atoms with E-state index in [0.717, 1.165) is 54.6 Å². The lowest BCUT2D eigenvalue weighted by Crippen LogP contribution is -2.42. The molecule has 46 heavy (non-hydrogen) atoms. The molecule has 3 aromatic rings. The number of pyridine rings is 1. The molecule has 0 spiro atoms. The average Bonchev–Trinajstić information content (AvgIpc) is 3.32. The Morgan fingerprint density at radius 2 is 1.96 bits per heavy atom. The van der Waals surface area contributed by atoms with Gasteiger partial charge in [-0.25, -0.2) is 9.97 Å². The van der Waals surface area contributed by atoms with Crippen LogP contribution in [-0.4, -0.2) is 63.4 Å². The van der Waals surface area contributed by atoms with Crippen molar-refractivity contribution in [2.45, 2.75) is 90.2 Å². The van der Waals surface area contributed by atoms with Crippen molar-refractivity contribution in [1.82, 2.24) is 14.9 Å². The Morgan fingerprint density at radius 3 is 2.74 bits per heavy atom. The Balaban J connectivity index is 1.30. The van der Waals surface area contributed by atoms with Gasteiger partial charge in [0, 0.05) is 48.6 Å². The number of hydrogen-bond donors (Lipinski definition) is 1. The molecule has 2 aliphatic heterocycles. The molecule has 6 rings (SSSR count). The number of ketones is 1. The van der Waals surface area contributed by atoms with Gasteiger partial charge in [-0.1, -0.05) is 38.8 Å². The van der Waals surface area contributed by atoms with Gasteiger partial charge in [-0.3, -0.25) is 14.4 Å². The third kappa shape index (κ3) is 6.82. The van der Waals surface area contributed by atoms with Crippen LogP contribution in [-0.2, 0) is 20.8 Å². The predicted molar refractivity (Wildman–Crippen MR) is 177 cm³/mol. The van der Waals surface area contributed by atoms with Crippen LogP contribution >= 0.6 is 11.3 Å². The molecule has 9 nitrogen and oxygen atoms in total. The number of methoxy groups -OCH3 is 1. The number of ether oxygens (including phenoxy) is 2. The Labute approximate surface area is 274 Å². The highest BCUT2D eigenvalue weighted by Gasteiger charge is 2.61. The monoisotopic (exact) mass is 645 g/mol. The fraction of sp³-hybridized carbons (Fsp3) is 0.528. The molecule has 3 aliphatic rings. The lowest BCUT2D eigenvalue weighted by atomic mass is 9.92. The molecular weight excluding hydrogens is 602 g/mol. The summed E-state index contributed by atoms with van der Waals surface area (Å²) in [6.45, 7) is 4.60. The zero-order valence-corrected chi connectivity index (χ0v) is 27.7. The number of carboxylic acids is 1. The lowest BCUT2D eigenvalue weighted by Gasteiger charge is -2.24. The first kappa shape index (κ1) is 32.2. The number of benzene rings is 1. The van der Waals surface area contributed by atoms with Crippen molar-refractivity contribution in [3.8, 4) is 22.9 Å². The maximum Gasteiger partial charge on any atom is 0.310 e. The van der Waals surface area contributed by atoms with E-state index in [1.807, 2.05) is 35.7 Å². The highest BCUT2D eigenvalue weighted by molar-refractivity contribution is 7.09. The van der Waals surface area contributed by atoms with E-state index in [0.29, 0.717) is 47.9 Å². The van der Waals surface area contributed by atoms with E-state index >= 15 is 0 Å². The second-order valence-corrected chi connectivity index (χ2v) is 14.4. The van der Waals surface area contributed by atoms with Crippen LogP contribution in [0.1, 0.15) is 76.6 Å². The summed E-state index contributed by atoms with van der Waals surface area (Å²) >= 11 is 1.61. The van der Waals surface area contributed by atoms with Crippen molar-refractivity contribution in [2.75, 3.05) is 13.7 Å². The highest BCUT2D eigenvalue weighted by atomic mass is 32.1. The van der Waals surface area contributed by atoms with Crippen LogP contribution in [0, 0.1) is 17.3 Å². The third-order valence-corrected chi connectivity index (χ3v) is 10.4. The van der Waals surface area contributed by atoms with Crippen LogP contribution in [0.15, 0.2) is 41.8 Å². The topological polar surface area (TPSA) is 119 Å². The largest absolute Gasteiger partial charge is 0.497 e. The van der Waals surface area contributed by atoms with Crippen LogP contribution in [0.3, 0.4) is 0 Å². The minimum Gasteiger partial charge on any atom is -0.497 e. The number of rotatable bonds is 7. The van der Waals surface area contributed by atoms with Gasteiger partial charge < -0.3 is 19.5 Å². The Morgan fingerprint density at radius 1 is 1.13 bits per heavy atom. The van der Waals surface area contributed by atoms with Gasteiger partial charge in [-0.05, 0) is 49.7 Å². The third-order valence-electron chi connectivity index (χ3n) is 9.55. The number of carbonyl (C=O) groups excluding carboxylic acids is 2. The summed E-state index contributed by atoms with van der Waals surface area (Å²) in [5.74, 6) is 0.404. The normalized spacial score (nSPS) is 26.3. The SMILES string of the molecule is COc1ccc2c(O[C@@H]3C[C@H]4C(=O)C[C@]5(C(=O)O)C[C@@H]5/C=C\CCCCCCC(=O)N4C3)cc(-c3csc(CC(C)C)n3)nc2c1. The maximum absolute atomic E-state index is 13.9. The van der Waals surface area contributed by atoms with Crippen molar-refractivity contribution >= 4 is 39.9 Å². The first-order valence-corrected chi connectivity index (χ1v) is 17.4. The smallest absolute Gasteiger partial charge is 0.310 e. The molecule has 1 saturated carbocycles. The summed E-state index contributed by atoms with van der Waals surface area (Å²) in [6.07, 6.45) is 10.2. The standard InChI is InChI=1S/C36H43N3O6S/c1-22(2)14-33-38-29(21-46-33)28-17-32(26-13-12-24(44-3)15-27(26)37-28)45-25-16-30-31(40)19-36(35(42)43)18-23(36)10-8-6-4-5-7-9-11-34(41)39(30)20-25/h8,10,12-13,15,17,21-23,25,30H,4-7,9,11,14,16,18-20H2,1-3H3,(H,42,43)/b10-8-/t23-,25+,30-,36+/m0/s1. The molecule has 244 valence electrons. The van der Waals surface area contributed by atoms with Crippen molar-refractivity contribution < 1.29 is 29.0 Å². The number of aromatic nitrogens is 2. The Hall–Kier alpha value is -3.79. The summed E-state index contributed by atoms with van der Waals surface area (Å²) in [5.41, 5.74) is 1.06. The minimum absolute atomic E-state index is 0.0701. The van der Waals surface area contributed by atoms with Gasteiger partial charge in [0.05, 0.1) is 47.0 Å². The van der Waals surface area contributed by atoms with Crippen LogP contribution in [0.25, 0.3) is 22.3 Å². The van der Waals surface area contributed by atoms with Crippen LogP contribution in [0.4, 0.5) is 0 Å².